The van der Waals surface area contributed by atoms with Crippen LogP contribution in [0.4, 0.5) is 0 Å². The van der Waals surface area contributed by atoms with Gasteiger partial charge in [0.25, 0.3) is 0 Å². The third-order valence-electron chi connectivity index (χ3n) is 13.4. The molecule has 1 saturated carbocycles. The summed E-state index contributed by atoms with van der Waals surface area (Å²) in [6, 6.07) is 25.5. The second kappa shape index (κ2) is 26.2. The number of aromatic nitrogens is 2. The molecule has 2 aromatic heterocycles. The molecule has 2 aliphatic rings. The number of rotatable bonds is 25. The Bertz CT molecular complexity index is 2660. The van der Waals surface area contributed by atoms with Gasteiger partial charge < -0.3 is 43.8 Å². The van der Waals surface area contributed by atoms with Crippen LogP contribution in [0.3, 0.4) is 0 Å². The molecule has 16 heteroatoms. The first-order chi connectivity index (χ1) is 34.6. The van der Waals surface area contributed by atoms with Crippen molar-refractivity contribution in [2.24, 2.45) is 5.92 Å². The predicted molar refractivity (Wildman–Crippen MR) is 270 cm³/mol. The molecule has 0 bridgehead atoms. The van der Waals surface area contributed by atoms with Crippen molar-refractivity contribution in [1.29, 1.82) is 10.5 Å². The van der Waals surface area contributed by atoms with E-state index in [1.54, 1.807) is 55.7 Å². The Labute approximate surface area is 421 Å². The van der Waals surface area contributed by atoms with E-state index in [1.807, 2.05) is 55.1 Å². The molecule has 5 aromatic rings. The minimum atomic E-state index is -0.583. The first-order valence-corrected chi connectivity index (χ1v) is 25.5. The lowest BCUT2D eigenvalue weighted by atomic mass is 9.83. The zero-order valence-corrected chi connectivity index (χ0v) is 42.1. The number of carbonyl (C=O) groups excluding carboxylic acids is 3. The van der Waals surface area contributed by atoms with Gasteiger partial charge in [-0.05, 0) is 95.3 Å². The molecule has 1 aliphatic heterocycles. The number of hydrogen-bond acceptors (Lipinski definition) is 13. The van der Waals surface area contributed by atoms with Gasteiger partial charge in [0.15, 0.2) is 0 Å². The van der Waals surface area contributed by atoms with Crippen molar-refractivity contribution in [2.75, 3.05) is 66.4 Å². The highest BCUT2D eigenvalue weighted by atomic mass is 32.1. The van der Waals surface area contributed by atoms with Crippen LogP contribution in [-0.4, -0.2) is 111 Å². The van der Waals surface area contributed by atoms with Crippen molar-refractivity contribution in [3.8, 4) is 34.8 Å². The van der Waals surface area contributed by atoms with E-state index < -0.39 is 12.1 Å². The summed E-state index contributed by atoms with van der Waals surface area (Å²) in [6.07, 6.45) is 6.65. The molecule has 1 aliphatic carbocycles. The van der Waals surface area contributed by atoms with Gasteiger partial charge in [0, 0.05) is 40.0 Å². The Morgan fingerprint density at radius 2 is 1.49 bits per heavy atom. The first kappa shape index (κ1) is 52.4. The summed E-state index contributed by atoms with van der Waals surface area (Å²) >= 11 is 1.39. The molecule has 1 saturated heterocycles. The second-order valence-corrected chi connectivity index (χ2v) is 18.9. The number of nitrogens with one attached hydrogen (secondary N) is 2. The Hall–Kier alpha value is -6.40. The van der Waals surface area contributed by atoms with E-state index in [9.17, 15) is 24.9 Å². The smallest absolute Gasteiger partial charge is 0.246 e. The van der Waals surface area contributed by atoms with Crippen molar-refractivity contribution in [1.82, 2.24) is 25.1 Å². The highest BCUT2D eigenvalue weighted by Gasteiger charge is 2.40. The van der Waals surface area contributed by atoms with Crippen molar-refractivity contribution in [2.45, 2.75) is 90.4 Å². The van der Waals surface area contributed by atoms with Gasteiger partial charge in [-0.25, -0.2) is 4.98 Å². The van der Waals surface area contributed by atoms with Crippen molar-refractivity contribution in [3.63, 3.8) is 0 Å². The Kier molecular flexibility index (Phi) is 19.3. The summed E-state index contributed by atoms with van der Waals surface area (Å²) in [5.74, 6) is 0.924. The highest BCUT2D eigenvalue weighted by Crippen LogP contribution is 2.37. The number of benzene rings is 3. The number of para-hydroxylation sites is 1. The topological polar surface area (TPSA) is 190 Å². The highest BCUT2D eigenvalue weighted by molar-refractivity contribution is 7.10. The molecule has 71 heavy (non-hydrogen) atoms. The predicted octanol–water partition coefficient (Wildman–Crippen LogP) is 8.10. The van der Waals surface area contributed by atoms with Crippen LogP contribution in [0, 0.1) is 42.4 Å². The molecule has 15 nitrogen and oxygen atoms in total. The monoisotopic (exact) mass is 983 g/mol. The van der Waals surface area contributed by atoms with E-state index in [2.05, 4.69) is 27.3 Å². The van der Waals surface area contributed by atoms with Crippen LogP contribution in [0.1, 0.15) is 107 Å². The maximum Gasteiger partial charge on any atom is 0.246 e. The lowest BCUT2D eigenvalue weighted by molar-refractivity contribution is -0.139. The number of thiazole rings is 1. The molecule has 3 atom stereocenters. The number of nitrogens with zero attached hydrogens (tertiary/aromatic N) is 5. The van der Waals surface area contributed by atoms with Crippen molar-refractivity contribution < 1.29 is 38.1 Å². The van der Waals surface area contributed by atoms with Crippen LogP contribution in [0.25, 0.3) is 11.1 Å². The molecule has 7 rings (SSSR count). The number of ketones is 1. The van der Waals surface area contributed by atoms with Crippen LogP contribution < -0.4 is 20.1 Å². The summed E-state index contributed by atoms with van der Waals surface area (Å²) in [5, 5.41) is 27.9. The SMILES string of the molecule is CNC(C)C(=O)NC(C(=O)N1CCCC1c1nc(C(=O)c2cccc(OCCOCCOCCOCCOc3ccccc3Cn3c(C)c(C#N)c(-c4ccc(C#N)cc4)c3C)c2)cs1)C1CCCCC1. The molecule has 2 N–H and O–H groups in total. The zero-order chi connectivity index (χ0) is 50.1. The molecule has 2 fully saturated rings. The van der Waals surface area contributed by atoms with Crippen LogP contribution in [0.15, 0.2) is 78.2 Å². The van der Waals surface area contributed by atoms with E-state index in [4.69, 9.17) is 28.7 Å². The summed E-state index contributed by atoms with van der Waals surface area (Å²) in [6.45, 7) is 9.82. The maximum absolute atomic E-state index is 14.2. The van der Waals surface area contributed by atoms with Crippen LogP contribution in [0.5, 0.6) is 11.5 Å². The Morgan fingerprint density at radius 3 is 2.18 bits per heavy atom. The third kappa shape index (κ3) is 13.5. The van der Waals surface area contributed by atoms with Crippen LogP contribution in [0.2, 0.25) is 0 Å². The number of ether oxygens (including phenoxy) is 5. The van der Waals surface area contributed by atoms with Gasteiger partial charge in [-0.2, -0.15) is 10.5 Å². The lowest BCUT2D eigenvalue weighted by Crippen LogP contribution is -2.55. The standard InChI is InChI=1S/C55H65N7O8S/c1-37(58-4)53(64)60-51(42-12-6-5-7-13-42)55(65)61-23-11-17-48(61)54-59-47(36-71-54)52(63)43-15-10-16-45(32-43)69-30-28-67-26-24-66-25-27-68-29-31-70-49-18-9-8-14-44(49)35-62-38(2)46(34-57)50(39(62)3)41-21-19-40(33-56)20-22-41/h8-10,14-16,18-22,32,36-37,42,48,51,58H,5-7,11-13,17,23-31,35H2,1-4H3,(H,60,64). The molecule has 0 radical (unpaired) electrons. The summed E-state index contributed by atoms with van der Waals surface area (Å²) in [5.41, 5.74) is 6.55. The fourth-order valence-corrected chi connectivity index (χ4v) is 10.3. The molecular weight excluding hydrogens is 919 g/mol. The average Bonchev–Trinajstić information content (AvgIpc) is 4.16. The number of nitriles is 2. The summed E-state index contributed by atoms with van der Waals surface area (Å²) in [7, 11) is 1.74. The number of likely N-dealkylation sites (tertiary alicyclic amines) is 1. The first-order valence-electron chi connectivity index (χ1n) is 24.7. The largest absolute Gasteiger partial charge is 0.491 e. The fraction of sp³-hybridized carbons (Fsp3) is 0.455. The molecular formula is C55H65N7O8S. The van der Waals surface area contributed by atoms with Crippen molar-refractivity contribution in [3.05, 3.63) is 123 Å². The number of amides is 2. The molecule has 3 aromatic carbocycles. The normalized spacial score (nSPS) is 15.7. The molecule has 3 heterocycles. The lowest BCUT2D eigenvalue weighted by Gasteiger charge is -2.35. The minimum absolute atomic E-state index is 0.0608. The van der Waals surface area contributed by atoms with Gasteiger partial charge in [0.05, 0.1) is 75.5 Å². The average molecular weight is 984 g/mol. The van der Waals surface area contributed by atoms with Gasteiger partial charge in [-0.1, -0.05) is 61.7 Å². The van der Waals surface area contributed by atoms with E-state index in [0.717, 1.165) is 83.8 Å². The van der Waals surface area contributed by atoms with Crippen LogP contribution in [-0.2, 0) is 30.3 Å². The Balaban J connectivity index is 0.784. The third-order valence-corrected chi connectivity index (χ3v) is 14.4. The Morgan fingerprint density at radius 1 is 0.803 bits per heavy atom. The molecule has 2 amide bonds. The van der Waals surface area contributed by atoms with E-state index in [0.29, 0.717) is 87.5 Å². The summed E-state index contributed by atoms with van der Waals surface area (Å²) < 4.78 is 31.3. The molecule has 3 unspecified atom stereocenters. The van der Waals surface area contributed by atoms with Gasteiger partial charge in [-0.15, -0.1) is 11.3 Å². The van der Waals surface area contributed by atoms with Gasteiger partial charge >= 0.3 is 0 Å². The molecule has 374 valence electrons. The van der Waals surface area contributed by atoms with Gasteiger partial charge in [0.2, 0.25) is 17.6 Å². The van der Waals surface area contributed by atoms with E-state index in [1.165, 1.54) is 11.3 Å². The van der Waals surface area contributed by atoms with E-state index in [-0.39, 0.29) is 36.2 Å². The quantitative estimate of drug-likeness (QED) is 0.0423. The van der Waals surface area contributed by atoms with Gasteiger partial charge in [-0.3, -0.25) is 14.4 Å². The zero-order valence-electron chi connectivity index (χ0n) is 41.2. The van der Waals surface area contributed by atoms with Gasteiger partial charge in [0.1, 0.15) is 47.5 Å². The fourth-order valence-electron chi connectivity index (χ4n) is 9.38. The minimum Gasteiger partial charge on any atom is -0.491 e. The maximum atomic E-state index is 14.2. The molecule has 0 spiro atoms. The van der Waals surface area contributed by atoms with E-state index >= 15 is 0 Å². The number of hydrogen-bond donors (Lipinski definition) is 2. The van der Waals surface area contributed by atoms with Crippen LogP contribution >= 0.6 is 11.3 Å². The second-order valence-electron chi connectivity index (χ2n) is 18.0. The summed E-state index contributed by atoms with van der Waals surface area (Å²) in [4.78, 5) is 47.5. The van der Waals surface area contributed by atoms with Crippen molar-refractivity contribution >= 4 is 28.9 Å². The number of likely N-dealkylation sites (N-methyl/N-ethyl adjacent to an activating group) is 1. The number of carbonyl (C=O) groups is 3.